The number of pyridine rings is 1. The number of hydrogen-bond acceptors (Lipinski definition) is 5. The highest BCUT2D eigenvalue weighted by molar-refractivity contribution is 5.96. The van der Waals surface area contributed by atoms with Crippen LogP contribution in [0.1, 0.15) is 30.1 Å². The molecule has 1 aliphatic rings. The Labute approximate surface area is 162 Å². The Morgan fingerprint density at radius 1 is 1.11 bits per heavy atom. The lowest BCUT2D eigenvalue weighted by Gasteiger charge is -2.06. The minimum Gasteiger partial charge on any atom is -0.351 e. The predicted molar refractivity (Wildman–Crippen MR) is 109 cm³/mol. The van der Waals surface area contributed by atoms with Gasteiger partial charge in [0.05, 0.1) is 5.69 Å². The van der Waals surface area contributed by atoms with E-state index in [-0.39, 0.29) is 5.78 Å². The summed E-state index contributed by atoms with van der Waals surface area (Å²) in [6.45, 7) is 1.57. The maximum atomic E-state index is 11.5. The fourth-order valence-electron chi connectivity index (χ4n) is 3.26. The van der Waals surface area contributed by atoms with Crippen molar-refractivity contribution < 1.29 is 4.79 Å². The number of carbonyl (C=O) groups is 1. The van der Waals surface area contributed by atoms with Crippen molar-refractivity contribution in [1.29, 1.82) is 0 Å². The van der Waals surface area contributed by atoms with Crippen molar-refractivity contribution in [2.45, 2.75) is 25.8 Å². The molecule has 0 aliphatic heterocycles. The maximum Gasteiger partial charge on any atom is 0.223 e. The van der Waals surface area contributed by atoms with E-state index in [0.717, 1.165) is 33.4 Å². The monoisotopic (exact) mass is 369 g/mol. The number of carbonyl (C=O) groups excluding carboxylic acids is 1. The van der Waals surface area contributed by atoms with Gasteiger partial charge in [0.15, 0.2) is 5.78 Å². The molecule has 28 heavy (non-hydrogen) atoms. The van der Waals surface area contributed by atoms with Gasteiger partial charge in [0.2, 0.25) is 5.95 Å². The standard InChI is InChI=1S/C22H19N5O/c1-13(28)14-2-4-15(5-3-14)16-10-18-19(12-25-21(18)24-11-16)20-8-9-23-22(27-20)26-17-6-7-17/h2-5,8-12,17H,6-7H2,1H3,(H,24,25)(H,23,26,27). The molecule has 138 valence electrons. The van der Waals surface area contributed by atoms with E-state index in [0.29, 0.717) is 17.6 Å². The number of aromatic amines is 1. The van der Waals surface area contributed by atoms with Crippen LogP contribution in [0.4, 0.5) is 5.95 Å². The number of Topliss-reactive ketones (excluding diaryl/α,β-unsaturated/α-hetero) is 1. The lowest BCUT2D eigenvalue weighted by atomic mass is 10.0. The quantitative estimate of drug-likeness (QED) is 0.507. The summed E-state index contributed by atoms with van der Waals surface area (Å²) >= 11 is 0. The number of anilines is 1. The van der Waals surface area contributed by atoms with Crippen LogP contribution in [0.25, 0.3) is 33.4 Å². The molecule has 1 aromatic carbocycles. The van der Waals surface area contributed by atoms with Crippen LogP contribution in [0.3, 0.4) is 0 Å². The number of H-pyrrole nitrogens is 1. The molecule has 0 bridgehead atoms. The highest BCUT2D eigenvalue weighted by Crippen LogP contribution is 2.31. The average Bonchev–Trinajstić information content (AvgIpc) is 3.43. The van der Waals surface area contributed by atoms with Gasteiger partial charge < -0.3 is 10.3 Å². The Hall–Kier alpha value is -3.54. The van der Waals surface area contributed by atoms with Crippen molar-refractivity contribution in [3.63, 3.8) is 0 Å². The summed E-state index contributed by atoms with van der Waals surface area (Å²) in [6.07, 6.45) is 7.91. The van der Waals surface area contributed by atoms with Gasteiger partial charge in [0.25, 0.3) is 0 Å². The molecule has 0 unspecified atom stereocenters. The van der Waals surface area contributed by atoms with E-state index in [1.165, 1.54) is 12.8 Å². The van der Waals surface area contributed by atoms with E-state index in [9.17, 15) is 4.79 Å². The summed E-state index contributed by atoms with van der Waals surface area (Å²) in [4.78, 5) is 28.3. The number of nitrogens with one attached hydrogen (secondary N) is 2. The zero-order valence-electron chi connectivity index (χ0n) is 15.4. The third kappa shape index (κ3) is 3.13. The van der Waals surface area contributed by atoms with Gasteiger partial charge in [-0.2, -0.15) is 0 Å². The molecule has 1 fully saturated rings. The summed E-state index contributed by atoms with van der Waals surface area (Å²) in [5, 5.41) is 4.35. The largest absolute Gasteiger partial charge is 0.351 e. The zero-order valence-corrected chi connectivity index (χ0v) is 15.4. The van der Waals surface area contributed by atoms with Crippen LogP contribution in [0.5, 0.6) is 0 Å². The lowest BCUT2D eigenvalue weighted by molar-refractivity contribution is 0.101. The van der Waals surface area contributed by atoms with Gasteiger partial charge in [-0.25, -0.2) is 15.0 Å². The van der Waals surface area contributed by atoms with Crippen LogP contribution in [-0.4, -0.2) is 31.8 Å². The van der Waals surface area contributed by atoms with Crippen molar-refractivity contribution in [1.82, 2.24) is 19.9 Å². The van der Waals surface area contributed by atoms with E-state index in [1.54, 1.807) is 13.1 Å². The Balaban J connectivity index is 1.54. The molecule has 1 aliphatic carbocycles. The van der Waals surface area contributed by atoms with E-state index in [4.69, 9.17) is 0 Å². The molecule has 0 amide bonds. The number of fused-ring (bicyclic) bond motifs is 1. The molecule has 5 rings (SSSR count). The number of benzene rings is 1. The van der Waals surface area contributed by atoms with Crippen molar-refractivity contribution in [3.8, 4) is 22.4 Å². The second-order valence-electron chi connectivity index (χ2n) is 7.14. The Bertz CT molecular complexity index is 1180. The molecule has 2 N–H and O–H groups in total. The second-order valence-corrected chi connectivity index (χ2v) is 7.14. The van der Waals surface area contributed by atoms with Crippen molar-refractivity contribution in [2.75, 3.05) is 5.32 Å². The lowest BCUT2D eigenvalue weighted by Crippen LogP contribution is -2.05. The molecule has 0 spiro atoms. The molecular formula is C22H19N5O. The van der Waals surface area contributed by atoms with Crippen LogP contribution in [0.2, 0.25) is 0 Å². The summed E-state index contributed by atoms with van der Waals surface area (Å²) < 4.78 is 0. The topological polar surface area (TPSA) is 83.6 Å². The fourth-order valence-corrected chi connectivity index (χ4v) is 3.26. The zero-order chi connectivity index (χ0) is 19.1. The first kappa shape index (κ1) is 16.6. The first-order valence-corrected chi connectivity index (χ1v) is 9.36. The van der Waals surface area contributed by atoms with Crippen LogP contribution >= 0.6 is 0 Å². The van der Waals surface area contributed by atoms with Gasteiger partial charge in [-0.3, -0.25) is 4.79 Å². The van der Waals surface area contributed by atoms with Gasteiger partial charge in [-0.05, 0) is 37.5 Å². The third-order valence-corrected chi connectivity index (χ3v) is 5.00. The smallest absolute Gasteiger partial charge is 0.223 e. The number of aromatic nitrogens is 4. The van der Waals surface area contributed by atoms with Crippen LogP contribution in [0, 0.1) is 0 Å². The number of hydrogen-bond donors (Lipinski definition) is 2. The predicted octanol–water partition coefficient (Wildman–Crippen LogP) is 4.46. The molecule has 0 radical (unpaired) electrons. The molecular weight excluding hydrogens is 350 g/mol. The molecule has 6 nitrogen and oxygen atoms in total. The molecule has 0 atom stereocenters. The van der Waals surface area contributed by atoms with Gasteiger partial charge in [0, 0.05) is 46.7 Å². The van der Waals surface area contributed by atoms with E-state index in [1.807, 2.05) is 42.7 Å². The van der Waals surface area contributed by atoms with E-state index < -0.39 is 0 Å². The SMILES string of the molecule is CC(=O)c1ccc(-c2cnc3[nH]cc(-c4ccnc(NC5CC5)n4)c3c2)cc1. The van der Waals surface area contributed by atoms with Crippen LogP contribution in [0.15, 0.2) is 55.0 Å². The highest BCUT2D eigenvalue weighted by Gasteiger charge is 2.22. The molecule has 6 heteroatoms. The van der Waals surface area contributed by atoms with Crippen molar-refractivity contribution in [2.24, 2.45) is 0 Å². The molecule has 3 aromatic heterocycles. The van der Waals surface area contributed by atoms with Crippen LogP contribution < -0.4 is 5.32 Å². The Morgan fingerprint density at radius 3 is 2.68 bits per heavy atom. The number of nitrogens with zero attached hydrogens (tertiary/aromatic N) is 3. The van der Waals surface area contributed by atoms with Crippen LogP contribution in [-0.2, 0) is 0 Å². The van der Waals surface area contributed by atoms with E-state index >= 15 is 0 Å². The second kappa shape index (κ2) is 6.56. The van der Waals surface area contributed by atoms with E-state index in [2.05, 4.69) is 31.3 Å². The molecule has 0 saturated heterocycles. The number of ketones is 1. The average molecular weight is 369 g/mol. The molecule has 4 aromatic rings. The highest BCUT2D eigenvalue weighted by atomic mass is 16.1. The molecule has 1 saturated carbocycles. The van der Waals surface area contributed by atoms with Crippen molar-refractivity contribution in [3.05, 3.63) is 60.6 Å². The minimum absolute atomic E-state index is 0.0624. The summed E-state index contributed by atoms with van der Waals surface area (Å²) in [5.74, 6) is 0.728. The van der Waals surface area contributed by atoms with Crippen molar-refractivity contribution >= 4 is 22.8 Å². The van der Waals surface area contributed by atoms with Gasteiger partial charge in [-0.15, -0.1) is 0 Å². The van der Waals surface area contributed by atoms with Gasteiger partial charge in [-0.1, -0.05) is 24.3 Å². The molecule has 3 heterocycles. The first-order valence-electron chi connectivity index (χ1n) is 9.36. The van der Waals surface area contributed by atoms with Gasteiger partial charge in [0.1, 0.15) is 5.65 Å². The summed E-state index contributed by atoms with van der Waals surface area (Å²) in [7, 11) is 0. The normalized spacial score (nSPS) is 13.6. The Morgan fingerprint density at radius 2 is 1.93 bits per heavy atom. The first-order chi connectivity index (χ1) is 13.7. The summed E-state index contributed by atoms with van der Waals surface area (Å²) in [6, 6.07) is 12.1. The fraction of sp³-hybridized carbons (Fsp3) is 0.182. The summed E-state index contributed by atoms with van der Waals surface area (Å²) in [5.41, 5.74) is 5.38. The minimum atomic E-state index is 0.0624. The number of rotatable bonds is 5. The van der Waals surface area contributed by atoms with Gasteiger partial charge >= 0.3 is 0 Å². The Kier molecular flexibility index (Phi) is 3.90. The maximum absolute atomic E-state index is 11.5. The third-order valence-electron chi connectivity index (χ3n) is 5.00.